The molecule has 29 heavy (non-hydrogen) atoms. The van der Waals surface area contributed by atoms with Gasteiger partial charge in [0.25, 0.3) is 0 Å². The van der Waals surface area contributed by atoms with Crippen molar-refractivity contribution in [1.82, 2.24) is 5.32 Å². The molecule has 2 N–H and O–H groups in total. The molecule has 1 atom stereocenters. The van der Waals surface area contributed by atoms with Gasteiger partial charge in [-0.05, 0) is 68.7 Å². The summed E-state index contributed by atoms with van der Waals surface area (Å²) in [7, 11) is 0. The van der Waals surface area contributed by atoms with Crippen LogP contribution in [0.25, 0.3) is 0 Å². The molecular formula is C25H28N2OS. The molecule has 0 saturated heterocycles. The SMILES string of the molecule is Cc1ccc([C@H](NC(=S)Nc2cccc(OC(C)C)c2)c2ccccc2)c(C)c1. The fourth-order valence-electron chi connectivity index (χ4n) is 3.35. The van der Waals surface area contributed by atoms with Gasteiger partial charge in [-0.15, -0.1) is 0 Å². The van der Waals surface area contributed by atoms with E-state index in [1.807, 2.05) is 44.2 Å². The van der Waals surface area contributed by atoms with Crippen molar-refractivity contribution in [2.75, 3.05) is 5.32 Å². The van der Waals surface area contributed by atoms with Crippen molar-refractivity contribution >= 4 is 23.0 Å². The van der Waals surface area contributed by atoms with E-state index >= 15 is 0 Å². The molecule has 0 aliphatic carbocycles. The second kappa shape index (κ2) is 9.57. The van der Waals surface area contributed by atoms with E-state index in [1.165, 1.54) is 22.3 Å². The summed E-state index contributed by atoms with van der Waals surface area (Å²) in [4.78, 5) is 0. The van der Waals surface area contributed by atoms with Gasteiger partial charge in [0.1, 0.15) is 5.75 Å². The van der Waals surface area contributed by atoms with Gasteiger partial charge in [0, 0.05) is 11.8 Å². The Morgan fingerprint density at radius 2 is 1.66 bits per heavy atom. The average molecular weight is 405 g/mol. The fourth-order valence-corrected chi connectivity index (χ4v) is 3.59. The molecule has 0 heterocycles. The summed E-state index contributed by atoms with van der Waals surface area (Å²) in [5, 5.41) is 7.36. The Morgan fingerprint density at radius 3 is 2.34 bits per heavy atom. The number of benzene rings is 3. The van der Waals surface area contributed by atoms with Crippen LogP contribution in [0, 0.1) is 13.8 Å². The van der Waals surface area contributed by atoms with E-state index < -0.39 is 0 Å². The van der Waals surface area contributed by atoms with Crippen LogP contribution in [0.15, 0.2) is 72.8 Å². The molecule has 3 aromatic carbocycles. The zero-order valence-corrected chi connectivity index (χ0v) is 18.2. The lowest BCUT2D eigenvalue weighted by atomic mass is 9.94. The Kier molecular flexibility index (Phi) is 6.89. The summed E-state index contributed by atoms with van der Waals surface area (Å²) in [6, 6.07) is 24.7. The minimum absolute atomic E-state index is 0.0353. The van der Waals surface area contributed by atoms with E-state index in [-0.39, 0.29) is 12.1 Å². The van der Waals surface area contributed by atoms with Gasteiger partial charge in [-0.1, -0.05) is 60.2 Å². The second-order valence-corrected chi connectivity index (χ2v) is 7.90. The highest BCUT2D eigenvalue weighted by atomic mass is 32.1. The molecule has 3 nitrogen and oxygen atoms in total. The Labute approximate surface area is 179 Å². The smallest absolute Gasteiger partial charge is 0.171 e. The van der Waals surface area contributed by atoms with Crippen molar-refractivity contribution in [3.8, 4) is 5.75 Å². The number of hydrogen-bond donors (Lipinski definition) is 2. The Hall–Kier alpha value is -2.85. The van der Waals surface area contributed by atoms with Crippen molar-refractivity contribution < 1.29 is 4.74 Å². The lowest BCUT2D eigenvalue weighted by Crippen LogP contribution is -2.33. The largest absolute Gasteiger partial charge is 0.491 e. The topological polar surface area (TPSA) is 33.3 Å². The van der Waals surface area contributed by atoms with Crippen LogP contribution < -0.4 is 15.4 Å². The zero-order chi connectivity index (χ0) is 20.8. The minimum Gasteiger partial charge on any atom is -0.491 e. The molecule has 0 aliphatic heterocycles. The Balaban J connectivity index is 1.82. The van der Waals surface area contributed by atoms with Crippen molar-refractivity contribution in [3.05, 3.63) is 95.1 Å². The number of thiocarbonyl (C=S) groups is 1. The molecule has 0 bridgehead atoms. The van der Waals surface area contributed by atoms with Crippen molar-refractivity contribution in [3.63, 3.8) is 0 Å². The first-order valence-corrected chi connectivity index (χ1v) is 10.3. The van der Waals surface area contributed by atoms with E-state index in [1.54, 1.807) is 0 Å². The average Bonchev–Trinajstić information content (AvgIpc) is 2.67. The van der Waals surface area contributed by atoms with Crippen LogP contribution in [0.3, 0.4) is 0 Å². The van der Waals surface area contributed by atoms with Gasteiger partial charge in [-0.3, -0.25) is 0 Å². The number of rotatable bonds is 6. The van der Waals surface area contributed by atoms with Gasteiger partial charge >= 0.3 is 0 Å². The first kappa shape index (κ1) is 20.9. The van der Waals surface area contributed by atoms with Crippen LogP contribution in [0.1, 0.15) is 42.1 Å². The fraction of sp³-hybridized carbons (Fsp3) is 0.240. The molecule has 0 spiro atoms. The monoisotopic (exact) mass is 404 g/mol. The second-order valence-electron chi connectivity index (χ2n) is 7.50. The number of anilines is 1. The molecule has 0 fully saturated rings. The molecule has 0 unspecified atom stereocenters. The number of ether oxygens (including phenoxy) is 1. The van der Waals surface area contributed by atoms with Gasteiger partial charge in [-0.25, -0.2) is 0 Å². The lowest BCUT2D eigenvalue weighted by molar-refractivity contribution is 0.242. The Bertz CT molecular complexity index is 970. The minimum atomic E-state index is -0.0353. The summed E-state index contributed by atoms with van der Waals surface area (Å²) in [5.41, 5.74) is 5.76. The van der Waals surface area contributed by atoms with E-state index in [0.29, 0.717) is 5.11 Å². The number of nitrogens with one attached hydrogen (secondary N) is 2. The third-order valence-electron chi connectivity index (χ3n) is 4.61. The lowest BCUT2D eigenvalue weighted by Gasteiger charge is -2.24. The quantitative estimate of drug-likeness (QED) is 0.482. The summed E-state index contributed by atoms with van der Waals surface area (Å²) in [5.74, 6) is 0.821. The van der Waals surface area contributed by atoms with Crippen molar-refractivity contribution in [2.45, 2.75) is 39.8 Å². The zero-order valence-electron chi connectivity index (χ0n) is 17.4. The standard InChI is InChI=1S/C25H28N2OS/c1-17(2)28-22-12-8-11-21(16-22)26-25(29)27-24(20-9-6-5-7-10-20)23-14-13-18(3)15-19(23)4/h5-17,24H,1-4H3,(H2,26,27,29)/t24-/m1/s1. The van der Waals surface area contributed by atoms with E-state index in [0.717, 1.165) is 11.4 Å². The molecule has 3 aromatic rings. The summed E-state index contributed by atoms with van der Waals surface area (Å²) >= 11 is 5.65. The van der Waals surface area contributed by atoms with Gasteiger partial charge in [-0.2, -0.15) is 0 Å². The number of hydrogen-bond acceptors (Lipinski definition) is 2. The van der Waals surface area contributed by atoms with Gasteiger partial charge in [0.2, 0.25) is 0 Å². The van der Waals surface area contributed by atoms with Gasteiger partial charge in [0.05, 0.1) is 12.1 Å². The molecule has 0 saturated carbocycles. The van der Waals surface area contributed by atoms with Crippen molar-refractivity contribution in [1.29, 1.82) is 0 Å². The maximum atomic E-state index is 5.78. The molecule has 0 aliphatic rings. The highest BCUT2D eigenvalue weighted by molar-refractivity contribution is 7.80. The molecular weight excluding hydrogens is 376 g/mol. The molecule has 4 heteroatoms. The van der Waals surface area contributed by atoms with Crippen LogP contribution in [0.5, 0.6) is 5.75 Å². The maximum absolute atomic E-state index is 5.78. The Morgan fingerprint density at radius 1 is 0.897 bits per heavy atom. The van der Waals surface area contributed by atoms with Crippen LogP contribution in [0.2, 0.25) is 0 Å². The van der Waals surface area contributed by atoms with Gasteiger partial charge in [0.15, 0.2) is 5.11 Å². The van der Waals surface area contributed by atoms with Crippen LogP contribution in [-0.4, -0.2) is 11.2 Å². The number of aryl methyl sites for hydroxylation is 2. The highest BCUT2D eigenvalue weighted by Crippen LogP contribution is 2.26. The first-order chi connectivity index (χ1) is 13.9. The predicted octanol–water partition coefficient (Wildman–Crippen LogP) is 6.17. The molecule has 0 amide bonds. The predicted molar refractivity (Wildman–Crippen MR) is 126 cm³/mol. The van der Waals surface area contributed by atoms with Crippen LogP contribution in [0.4, 0.5) is 5.69 Å². The summed E-state index contributed by atoms with van der Waals surface area (Å²) in [6.07, 6.45) is 0.127. The molecule has 150 valence electrons. The third kappa shape index (κ3) is 5.81. The maximum Gasteiger partial charge on any atom is 0.171 e. The van der Waals surface area contributed by atoms with E-state index in [2.05, 4.69) is 66.9 Å². The highest BCUT2D eigenvalue weighted by Gasteiger charge is 2.17. The van der Waals surface area contributed by atoms with Gasteiger partial charge < -0.3 is 15.4 Å². The summed E-state index contributed by atoms with van der Waals surface area (Å²) in [6.45, 7) is 8.28. The molecule has 0 aromatic heterocycles. The van der Waals surface area contributed by atoms with E-state index in [9.17, 15) is 0 Å². The molecule has 0 radical (unpaired) electrons. The summed E-state index contributed by atoms with van der Waals surface area (Å²) < 4.78 is 5.78. The normalized spacial score (nSPS) is 11.8. The first-order valence-electron chi connectivity index (χ1n) is 9.88. The molecule has 3 rings (SSSR count). The van der Waals surface area contributed by atoms with Crippen LogP contribution >= 0.6 is 12.2 Å². The van der Waals surface area contributed by atoms with Crippen LogP contribution in [-0.2, 0) is 0 Å². The van der Waals surface area contributed by atoms with E-state index in [4.69, 9.17) is 17.0 Å². The third-order valence-corrected chi connectivity index (χ3v) is 4.83. The van der Waals surface area contributed by atoms with Crippen molar-refractivity contribution in [2.24, 2.45) is 0 Å².